The molecule has 2 aromatic heterocycles. The van der Waals surface area contributed by atoms with Crippen LogP contribution in [0.2, 0.25) is 0 Å². The topological polar surface area (TPSA) is 60.0 Å². The van der Waals surface area contributed by atoms with E-state index in [0.29, 0.717) is 0 Å². The SMILES string of the molecule is Cc1nc2ncc(B3OC(C)(C)C(C)(C)O3)cc2[nH]1. The van der Waals surface area contributed by atoms with Crippen LogP contribution in [0.3, 0.4) is 0 Å². The van der Waals surface area contributed by atoms with Crippen molar-refractivity contribution in [3.8, 4) is 0 Å². The lowest BCUT2D eigenvalue weighted by Gasteiger charge is -2.32. The quantitative estimate of drug-likeness (QED) is 0.789. The number of hydrogen-bond acceptors (Lipinski definition) is 4. The Morgan fingerprint density at radius 3 is 2.42 bits per heavy atom. The monoisotopic (exact) mass is 259 g/mol. The first-order valence-corrected chi connectivity index (χ1v) is 6.46. The van der Waals surface area contributed by atoms with Crippen molar-refractivity contribution in [2.75, 3.05) is 0 Å². The number of aromatic amines is 1. The van der Waals surface area contributed by atoms with E-state index in [1.165, 1.54) is 0 Å². The smallest absolute Gasteiger partial charge is 0.399 e. The van der Waals surface area contributed by atoms with Crippen molar-refractivity contribution < 1.29 is 9.31 Å². The van der Waals surface area contributed by atoms with E-state index in [1.54, 1.807) is 6.20 Å². The van der Waals surface area contributed by atoms with E-state index in [9.17, 15) is 0 Å². The number of fused-ring (bicyclic) bond motifs is 1. The van der Waals surface area contributed by atoms with Gasteiger partial charge in [-0.15, -0.1) is 0 Å². The van der Waals surface area contributed by atoms with Crippen LogP contribution in [0.5, 0.6) is 0 Å². The molecule has 19 heavy (non-hydrogen) atoms. The van der Waals surface area contributed by atoms with Gasteiger partial charge in [0.05, 0.1) is 16.7 Å². The lowest BCUT2D eigenvalue weighted by atomic mass is 9.80. The Labute approximate surface area is 112 Å². The fourth-order valence-corrected chi connectivity index (χ4v) is 2.14. The number of imidazole rings is 1. The van der Waals surface area contributed by atoms with Gasteiger partial charge in [-0.05, 0) is 40.7 Å². The van der Waals surface area contributed by atoms with E-state index in [4.69, 9.17) is 9.31 Å². The van der Waals surface area contributed by atoms with Crippen LogP contribution >= 0.6 is 0 Å². The fourth-order valence-electron chi connectivity index (χ4n) is 2.14. The predicted molar refractivity (Wildman–Crippen MR) is 74.3 cm³/mol. The third-order valence-electron chi connectivity index (χ3n) is 4.00. The normalized spacial score (nSPS) is 21.2. The first-order valence-electron chi connectivity index (χ1n) is 6.46. The molecule has 1 aliphatic heterocycles. The van der Waals surface area contributed by atoms with Crippen LogP contribution in [0, 0.1) is 6.92 Å². The van der Waals surface area contributed by atoms with Crippen LogP contribution in [0.1, 0.15) is 33.5 Å². The van der Waals surface area contributed by atoms with Gasteiger partial charge in [-0.1, -0.05) is 0 Å². The maximum atomic E-state index is 6.01. The summed E-state index contributed by atoms with van der Waals surface area (Å²) in [6.07, 6.45) is 1.77. The van der Waals surface area contributed by atoms with E-state index in [0.717, 1.165) is 22.5 Å². The summed E-state index contributed by atoms with van der Waals surface area (Å²) in [7, 11) is -0.384. The van der Waals surface area contributed by atoms with Crippen molar-refractivity contribution in [3.05, 3.63) is 18.1 Å². The number of aromatic nitrogens is 3. The molecule has 0 radical (unpaired) electrons. The Balaban J connectivity index is 1.97. The Bertz CT molecular complexity index is 620. The average Bonchev–Trinajstić information content (AvgIpc) is 2.74. The lowest BCUT2D eigenvalue weighted by molar-refractivity contribution is 0.00578. The van der Waals surface area contributed by atoms with E-state index in [2.05, 4.69) is 15.0 Å². The van der Waals surface area contributed by atoms with Crippen LogP contribution in [-0.2, 0) is 9.31 Å². The lowest BCUT2D eigenvalue weighted by Crippen LogP contribution is -2.41. The van der Waals surface area contributed by atoms with Crippen LogP contribution < -0.4 is 5.46 Å². The molecule has 1 aliphatic rings. The van der Waals surface area contributed by atoms with E-state index < -0.39 is 0 Å². The molecule has 1 fully saturated rings. The highest BCUT2D eigenvalue weighted by molar-refractivity contribution is 6.62. The molecule has 0 unspecified atom stereocenters. The molecular weight excluding hydrogens is 241 g/mol. The highest BCUT2D eigenvalue weighted by Crippen LogP contribution is 2.36. The second-order valence-corrected chi connectivity index (χ2v) is 6.05. The third-order valence-corrected chi connectivity index (χ3v) is 4.00. The Hall–Kier alpha value is -1.40. The molecule has 0 aromatic carbocycles. The Morgan fingerprint density at radius 2 is 1.79 bits per heavy atom. The zero-order chi connectivity index (χ0) is 13.8. The molecule has 5 nitrogen and oxygen atoms in total. The predicted octanol–water partition coefficient (Wildman–Crippen LogP) is 1.57. The largest absolute Gasteiger partial charge is 0.496 e. The van der Waals surface area contributed by atoms with E-state index >= 15 is 0 Å². The molecule has 6 heteroatoms. The molecule has 0 atom stereocenters. The molecule has 3 rings (SSSR count). The second kappa shape index (κ2) is 3.80. The second-order valence-electron chi connectivity index (χ2n) is 6.05. The van der Waals surface area contributed by atoms with Gasteiger partial charge in [0, 0.05) is 11.7 Å². The summed E-state index contributed by atoms with van der Waals surface area (Å²) >= 11 is 0. The van der Waals surface area contributed by atoms with E-state index in [-0.39, 0.29) is 18.3 Å². The molecular formula is C13H18BN3O2. The zero-order valence-corrected chi connectivity index (χ0v) is 11.9. The summed E-state index contributed by atoms with van der Waals surface area (Å²) in [5, 5.41) is 0. The van der Waals surface area contributed by atoms with Gasteiger partial charge in [-0.2, -0.15) is 0 Å². The first-order chi connectivity index (χ1) is 8.78. The molecule has 1 saturated heterocycles. The molecule has 0 amide bonds. The number of nitrogens with one attached hydrogen (secondary N) is 1. The summed E-state index contributed by atoms with van der Waals surface area (Å²) in [6.45, 7) is 10.1. The summed E-state index contributed by atoms with van der Waals surface area (Å²) in [6, 6.07) is 1.99. The minimum atomic E-state index is -0.384. The van der Waals surface area contributed by atoms with Crippen molar-refractivity contribution in [3.63, 3.8) is 0 Å². The summed E-state index contributed by atoms with van der Waals surface area (Å²) in [5.74, 6) is 0.855. The van der Waals surface area contributed by atoms with Crippen LogP contribution in [0.4, 0.5) is 0 Å². The molecule has 3 heterocycles. The van der Waals surface area contributed by atoms with Crippen LogP contribution in [-0.4, -0.2) is 33.3 Å². The van der Waals surface area contributed by atoms with Gasteiger partial charge in [0.25, 0.3) is 0 Å². The van der Waals surface area contributed by atoms with Crippen molar-refractivity contribution in [2.24, 2.45) is 0 Å². The molecule has 0 saturated carbocycles. The Morgan fingerprint density at radius 1 is 1.16 bits per heavy atom. The number of H-pyrrole nitrogens is 1. The zero-order valence-electron chi connectivity index (χ0n) is 11.9. The minimum absolute atomic E-state index is 0.337. The highest BCUT2D eigenvalue weighted by Gasteiger charge is 2.51. The molecule has 0 bridgehead atoms. The number of aryl methyl sites for hydroxylation is 1. The van der Waals surface area contributed by atoms with Gasteiger partial charge in [-0.3, -0.25) is 0 Å². The first kappa shape index (κ1) is 12.6. The molecule has 0 spiro atoms. The van der Waals surface area contributed by atoms with Crippen molar-refractivity contribution >= 4 is 23.7 Å². The van der Waals surface area contributed by atoms with Crippen LogP contribution in [0.25, 0.3) is 11.2 Å². The average molecular weight is 259 g/mol. The van der Waals surface area contributed by atoms with Crippen molar-refractivity contribution in [1.82, 2.24) is 15.0 Å². The number of hydrogen-bond donors (Lipinski definition) is 1. The number of pyridine rings is 1. The summed E-state index contributed by atoms with van der Waals surface area (Å²) in [5.41, 5.74) is 1.87. The molecule has 1 N–H and O–H groups in total. The standard InChI is InChI=1S/C13H18BN3O2/c1-8-16-10-6-9(7-15-11(10)17-8)14-18-12(2,3)13(4,5)19-14/h6-7H,1-5H3,(H,15,16,17). The van der Waals surface area contributed by atoms with Crippen LogP contribution in [0.15, 0.2) is 12.3 Å². The number of nitrogens with zero attached hydrogens (tertiary/aromatic N) is 2. The van der Waals surface area contributed by atoms with Crippen molar-refractivity contribution in [2.45, 2.75) is 45.8 Å². The Kier molecular flexibility index (Phi) is 2.53. The fraction of sp³-hybridized carbons (Fsp3) is 0.538. The number of rotatable bonds is 1. The van der Waals surface area contributed by atoms with Gasteiger partial charge in [0.2, 0.25) is 0 Å². The van der Waals surface area contributed by atoms with Gasteiger partial charge in [0.1, 0.15) is 5.82 Å². The third kappa shape index (κ3) is 1.95. The minimum Gasteiger partial charge on any atom is -0.399 e. The summed E-state index contributed by atoms with van der Waals surface area (Å²) in [4.78, 5) is 11.8. The molecule has 100 valence electrons. The van der Waals surface area contributed by atoms with E-state index in [1.807, 2.05) is 40.7 Å². The summed E-state index contributed by atoms with van der Waals surface area (Å²) < 4.78 is 12.0. The van der Waals surface area contributed by atoms with Crippen molar-refractivity contribution in [1.29, 1.82) is 0 Å². The highest BCUT2D eigenvalue weighted by atomic mass is 16.7. The van der Waals surface area contributed by atoms with Gasteiger partial charge >= 0.3 is 7.12 Å². The maximum Gasteiger partial charge on any atom is 0.496 e. The maximum absolute atomic E-state index is 6.01. The van der Waals surface area contributed by atoms with Gasteiger partial charge in [0.15, 0.2) is 5.65 Å². The van der Waals surface area contributed by atoms with Gasteiger partial charge in [-0.25, -0.2) is 9.97 Å². The molecule has 0 aliphatic carbocycles. The van der Waals surface area contributed by atoms with Gasteiger partial charge < -0.3 is 14.3 Å². The molecule has 2 aromatic rings.